The van der Waals surface area contributed by atoms with Crippen molar-refractivity contribution in [1.82, 2.24) is 4.98 Å². The van der Waals surface area contributed by atoms with E-state index >= 15 is 0 Å². The molecule has 0 bridgehead atoms. The molecular weight excluding hydrogens is 403 g/mol. The molecule has 5 nitrogen and oxygen atoms in total. The minimum Gasteiger partial charge on any atom is -0.746 e. The third-order valence-electron chi connectivity index (χ3n) is 4.50. The average Bonchev–Trinajstić information content (AvgIpc) is 2.67. The molecule has 1 aliphatic heterocycles. The van der Waals surface area contributed by atoms with Crippen molar-refractivity contribution >= 4 is 33.3 Å². The zero-order valence-electron chi connectivity index (χ0n) is 15.6. The first-order chi connectivity index (χ1) is 13.0. The molecule has 0 aliphatic carbocycles. The van der Waals surface area contributed by atoms with Crippen LogP contribution in [0.1, 0.15) is 13.3 Å². The largest absolute Gasteiger partial charge is 1.00 e. The molecule has 1 unspecified atom stereocenters. The van der Waals surface area contributed by atoms with Crippen molar-refractivity contribution in [3.63, 3.8) is 0 Å². The minimum absolute atomic E-state index is 0. The summed E-state index contributed by atoms with van der Waals surface area (Å²) in [5.74, 6) is 0. The molecule has 0 fully saturated rings. The van der Waals surface area contributed by atoms with E-state index in [1.54, 1.807) is 29.8 Å². The summed E-state index contributed by atoms with van der Waals surface area (Å²) in [6.07, 6.45) is 1.88. The number of nitrogens with zero attached hydrogens (tertiary/aromatic N) is 2. The van der Waals surface area contributed by atoms with Crippen LogP contribution in [0.25, 0.3) is 11.3 Å². The van der Waals surface area contributed by atoms with E-state index in [9.17, 15) is 13.0 Å². The van der Waals surface area contributed by atoms with Crippen molar-refractivity contribution in [2.24, 2.45) is 0 Å². The van der Waals surface area contributed by atoms with Crippen LogP contribution in [0.4, 0.5) is 11.4 Å². The molecule has 1 atom stereocenters. The fourth-order valence-electron chi connectivity index (χ4n) is 3.38. The Bertz CT molecular complexity index is 1090. The molecule has 2 heterocycles. The van der Waals surface area contributed by atoms with Gasteiger partial charge < -0.3 is 9.45 Å². The molecule has 0 saturated heterocycles. The monoisotopic (exact) mass is 420 g/mol. The maximum atomic E-state index is 12.1. The molecular formula is C20H17N2NaO3S2. The van der Waals surface area contributed by atoms with E-state index in [2.05, 4.69) is 4.98 Å². The van der Waals surface area contributed by atoms with Crippen LogP contribution in [0.2, 0.25) is 0 Å². The molecule has 4 rings (SSSR count). The van der Waals surface area contributed by atoms with Gasteiger partial charge in [0.15, 0.2) is 0 Å². The first-order valence-corrected chi connectivity index (χ1v) is 10.8. The summed E-state index contributed by atoms with van der Waals surface area (Å²) in [4.78, 5) is 7.93. The standard InChI is InChI=1S/C20H18N2O3S2.Na/c1-2-19(27(23,24)25)22-16-10-3-4-11-17(16)26-18-12-7-8-14(20(18)22)15-9-5-6-13-21-15;/h3-13,19H,2H2,1H3,(H,23,24,25);/q;+1/p-1. The van der Waals surface area contributed by atoms with Gasteiger partial charge in [0.1, 0.15) is 15.5 Å². The minimum atomic E-state index is -4.55. The number of hydrogen-bond acceptors (Lipinski definition) is 6. The predicted octanol–water partition coefficient (Wildman–Crippen LogP) is 1.64. The summed E-state index contributed by atoms with van der Waals surface area (Å²) in [6, 6.07) is 18.9. The first-order valence-electron chi connectivity index (χ1n) is 8.56. The predicted molar refractivity (Wildman–Crippen MR) is 106 cm³/mol. The van der Waals surface area contributed by atoms with Crippen molar-refractivity contribution in [1.29, 1.82) is 0 Å². The Labute approximate surface area is 191 Å². The molecule has 8 heteroatoms. The van der Waals surface area contributed by atoms with Crippen molar-refractivity contribution in [2.75, 3.05) is 4.90 Å². The van der Waals surface area contributed by atoms with Crippen molar-refractivity contribution in [3.8, 4) is 11.3 Å². The molecule has 2 aromatic carbocycles. The Morgan fingerprint density at radius 2 is 1.75 bits per heavy atom. The number of fused-ring (bicyclic) bond motifs is 2. The molecule has 0 amide bonds. The maximum Gasteiger partial charge on any atom is 1.00 e. The van der Waals surface area contributed by atoms with Gasteiger partial charge in [0.05, 0.1) is 17.1 Å². The van der Waals surface area contributed by atoms with Crippen LogP contribution in [-0.4, -0.2) is 23.3 Å². The van der Waals surface area contributed by atoms with E-state index in [-0.39, 0.29) is 36.0 Å². The van der Waals surface area contributed by atoms with Gasteiger partial charge in [-0.25, -0.2) is 8.42 Å². The Hall–Kier alpha value is -1.35. The Balaban J connectivity index is 0.00000225. The smallest absolute Gasteiger partial charge is 0.746 e. The Kier molecular flexibility index (Phi) is 6.54. The molecule has 0 saturated carbocycles. The van der Waals surface area contributed by atoms with Gasteiger partial charge in [-0.3, -0.25) is 4.98 Å². The Morgan fingerprint density at radius 3 is 2.43 bits per heavy atom. The van der Waals surface area contributed by atoms with E-state index in [1.807, 2.05) is 60.7 Å². The van der Waals surface area contributed by atoms with Crippen LogP contribution < -0.4 is 34.5 Å². The topological polar surface area (TPSA) is 73.3 Å². The summed E-state index contributed by atoms with van der Waals surface area (Å²) in [5.41, 5.74) is 2.98. The fraction of sp³-hybridized carbons (Fsp3) is 0.150. The SMILES string of the molecule is CCC(N1c2ccccc2Sc2cccc(-c3ccccn3)c21)S(=O)(=O)[O-].[Na+]. The second-order valence-electron chi connectivity index (χ2n) is 6.16. The van der Waals surface area contributed by atoms with E-state index in [0.717, 1.165) is 26.7 Å². The van der Waals surface area contributed by atoms with Crippen LogP contribution >= 0.6 is 11.8 Å². The van der Waals surface area contributed by atoms with Gasteiger partial charge in [0.2, 0.25) is 0 Å². The summed E-state index contributed by atoms with van der Waals surface area (Å²) in [7, 11) is -4.55. The van der Waals surface area contributed by atoms with Crippen LogP contribution in [0.5, 0.6) is 0 Å². The Morgan fingerprint density at radius 1 is 1.04 bits per heavy atom. The number of anilines is 2. The zero-order chi connectivity index (χ0) is 19.0. The van der Waals surface area contributed by atoms with E-state index < -0.39 is 15.5 Å². The quantitative estimate of drug-likeness (QED) is 0.472. The molecule has 1 aromatic heterocycles. The van der Waals surface area contributed by atoms with Gasteiger partial charge in [-0.15, -0.1) is 0 Å². The van der Waals surface area contributed by atoms with E-state index in [0.29, 0.717) is 5.69 Å². The normalized spacial score (nSPS) is 13.9. The van der Waals surface area contributed by atoms with Crippen LogP contribution in [-0.2, 0) is 10.1 Å². The number of pyridine rings is 1. The number of para-hydroxylation sites is 2. The van der Waals surface area contributed by atoms with Crippen molar-refractivity contribution in [2.45, 2.75) is 28.5 Å². The summed E-state index contributed by atoms with van der Waals surface area (Å²) in [5, 5.41) is -1.19. The van der Waals surface area contributed by atoms with E-state index in [1.165, 1.54) is 0 Å². The second kappa shape index (κ2) is 8.57. The van der Waals surface area contributed by atoms with Crippen LogP contribution in [0, 0.1) is 0 Å². The fourth-order valence-corrected chi connectivity index (χ4v) is 5.37. The van der Waals surface area contributed by atoms with Crippen LogP contribution in [0.15, 0.2) is 76.7 Å². The zero-order valence-corrected chi connectivity index (χ0v) is 19.2. The second-order valence-corrected chi connectivity index (χ2v) is 8.78. The molecule has 0 radical (unpaired) electrons. The summed E-state index contributed by atoms with van der Waals surface area (Å²) < 4.78 is 36.3. The number of aromatic nitrogens is 1. The van der Waals surface area contributed by atoms with Gasteiger partial charge in [-0.05, 0) is 36.8 Å². The third kappa shape index (κ3) is 3.87. The molecule has 3 aromatic rings. The first kappa shape index (κ1) is 21.4. The number of hydrogen-bond donors (Lipinski definition) is 0. The van der Waals surface area contributed by atoms with Crippen molar-refractivity contribution in [3.05, 3.63) is 66.9 Å². The number of rotatable bonds is 4. The average molecular weight is 420 g/mol. The van der Waals surface area contributed by atoms with E-state index in [4.69, 9.17) is 0 Å². The van der Waals surface area contributed by atoms with Crippen LogP contribution in [0.3, 0.4) is 0 Å². The van der Waals surface area contributed by atoms with Gasteiger partial charge in [-0.1, -0.05) is 49.0 Å². The molecule has 138 valence electrons. The maximum absolute atomic E-state index is 12.1. The molecule has 0 N–H and O–H groups in total. The van der Waals surface area contributed by atoms with Gasteiger partial charge >= 0.3 is 29.6 Å². The van der Waals surface area contributed by atoms with Gasteiger partial charge in [0, 0.05) is 21.6 Å². The third-order valence-corrected chi connectivity index (χ3v) is 6.82. The van der Waals surface area contributed by atoms with Gasteiger partial charge in [-0.2, -0.15) is 0 Å². The molecule has 1 aliphatic rings. The summed E-state index contributed by atoms with van der Waals surface area (Å²) >= 11 is 1.57. The summed E-state index contributed by atoms with van der Waals surface area (Å²) in [6.45, 7) is 1.72. The number of benzene rings is 2. The van der Waals surface area contributed by atoms with Crippen molar-refractivity contribution < 1.29 is 42.5 Å². The molecule has 28 heavy (non-hydrogen) atoms. The molecule has 0 spiro atoms. The van der Waals surface area contributed by atoms with Gasteiger partial charge in [0.25, 0.3) is 0 Å².